The molecule has 0 spiro atoms. The first kappa shape index (κ1) is 28.7. The second kappa shape index (κ2) is 13.2. The van der Waals surface area contributed by atoms with E-state index in [-0.39, 0.29) is 18.1 Å². The molecular weight excluding hydrogens is 532 g/mol. The molecule has 3 atom stereocenters. The van der Waals surface area contributed by atoms with Crippen LogP contribution in [0.5, 0.6) is 0 Å². The topological polar surface area (TPSA) is 168 Å². The Hall–Kier alpha value is -4.29. The van der Waals surface area contributed by atoms with Crippen molar-refractivity contribution in [1.29, 1.82) is 0 Å². The summed E-state index contributed by atoms with van der Waals surface area (Å²) < 4.78 is 0. The highest BCUT2D eigenvalue weighted by molar-refractivity contribution is 7.80. The van der Waals surface area contributed by atoms with Gasteiger partial charge in [-0.2, -0.15) is 12.6 Å². The van der Waals surface area contributed by atoms with Crippen LogP contribution in [0.4, 0.5) is 0 Å². The number of para-hydroxylation sites is 2. The first-order valence-electron chi connectivity index (χ1n) is 12.8. The van der Waals surface area contributed by atoms with Gasteiger partial charge in [0.25, 0.3) is 0 Å². The SMILES string of the molecule is CNC(Cc1c[nH]c2ccccc12)C(=O)NC(Cc1c[nH]c2ccccc12)C(=O)NCC(=O)NC(CS)C(=O)O. The van der Waals surface area contributed by atoms with Gasteiger partial charge in [-0.05, 0) is 36.7 Å². The monoisotopic (exact) mass is 564 g/mol. The molecule has 11 nitrogen and oxygen atoms in total. The molecule has 3 unspecified atom stereocenters. The number of nitrogens with one attached hydrogen (secondary N) is 6. The summed E-state index contributed by atoms with van der Waals surface area (Å²) in [6.45, 7) is -0.457. The van der Waals surface area contributed by atoms with Crippen LogP contribution in [0, 0.1) is 0 Å². The van der Waals surface area contributed by atoms with Crippen LogP contribution in [-0.2, 0) is 32.0 Å². The van der Waals surface area contributed by atoms with Gasteiger partial charge in [-0.15, -0.1) is 0 Å². The third kappa shape index (κ3) is 6.82. The highest BCUT2D eigenvalue weighted by Gasteiger charge is 2.27. The van der Waals surface area contributed by atoms with Crippen LogP contribution in [0.1, 0.15) is 11.1 Å². The molecule has 0 aliphatic rings. The van der Waals surface area contributed by atoms with E-state index in [1.165, 1.54) is 0 Å². The number of benzene rings is 2. The fourth-order valence-corrected chi connectivity index (χ4v) is 4.82. The Morgan fingerprint density at radius 3 is 1.88 bits per heavy atom. The lowest BCUT2D eigenvalue weighted by molar-refractivity contribution is -0.141. The lowest BCUT2D eigenvalue weighted by atomic mass is 10.0. The number of aliphatic carboxylic acids is 1. The van der Waals surface area contributed by atoms with E-state index in [1.54, 1.807) is 13.2 Å². The molecule has 12 heteroatoms. The second-order valence-electron chi connectivity index (χ2n) is 9.39. The Bertz CT molecular complexity index is 1520. The van der Waals surface area contributed by atoms with Gasteiger partial charge in [-0.25, -0.2) is 4.79 Å². The standard InChI is InChI=1S/C28H32N6O5S/c1-29-22(10-16-12-30-20-8-4-2-6-18(16)20)27(37)34-23(11-17-13-31-21-9-5-3-7-19(17)21)26(36)32-14-25(35)33-24(15-40)28(38)39/h2-9,12-13,22-24,29-31,40H,10-11,14-15H2,1H3,(H,32,36)(H,33,35)(H,34,37)(H,38,39). The number of aromatic amines is 2. The molecule has 7 N–H and O–H groups in total. The minimum Gasteiger partial charge on any atom is -0.480 e. The number of hydrogen-bond acceptors (Lipinski definition) is 6. The molecule has 0 saturated carbocycles. The number of rotatable bonds is 13. The van der Waals surface area contributed by atoms with Gasteiger partial charge in [0.2, 0.25) is 17.7 Å². The average molecular weight is 565 g/mol. The first-order chi connectivity index (χ1) is 19.3. The minimum atomic E-state index is -1.23. The number of thiol groups is 1. The van der Waals surface area contributed by atoms with Crippen molar-refractivity contribution in [3.8, 4) is 0 Å². The van der Waals surface area contributed by atoms with Gasteiger partial charge in [0.15, 0.2) is 0 Å². The van der Waals surface area contributed by atoms with Crippen LogP contribution in [0.3, 0.4) is 0 Å². The second-order valence-corrected chi connectivity index (χ2v) is 9.75. The maximum atomic E-state index is 13.4. The molecule has 4 rings (SSSR count). The molecule has 0 radical (unpaired) electrons. The first-order valence-corrected chi connectivity index (χ1v) is 13.4. The van der Waals surface area contributed by atoms with Gasteiger partial charge >= 0.3 is 5.97 Å². The molecular formula is C28H32N6O5S. The predicted molar refractivity (Wildman–Crippen MR) is 155 cm³/mol. The van der Waals surface area contributed by atoms with Crippen LogP contribution in [-0.4, -0.2) is 76.2 Å². The molecule has 2 aromatic heterocycles. The lowest BCUT2D eigenvalue weighted by Crippen LogP contribution is -2.55. The molecule has 2 heterocycles. The number of carbonyl (C=O) groups excluding carboxylic acids is 3. The van der Waals surface area contributed by atoms with Crippen molar-refractivity contribution in [2.24, 2.45) is 0 Å². The summed E-state index contributed by atoms with van der Waals surface area (Å²) >= 11 is 3.93. The quantitative estimate of drug-likeness (QED) is 0.113. The van der Waals surface area contributed by atoms with Crippen molar-refractivity contribution in [3.63, 3.8) is 0 Å². The summed E-state index contributed by atoms with van der Waals surface area (Å²) in [5, 5.41) is 21.8. The number of likely N-dealkylation sites (N-methyl/N-ethyl adjacent to an activating group) is 1. The summed E-state index contributed by atoms with van der Waals surface area (Å²) in [6.07, 6.45) is 4.21. The van der Waals surface area contributed by atoms with Crippen LogP contribution in [0.15, 0.2) is 60.9 Å². The number of carbonyl (C=O) groups is 4. The van der Waals surface area contributed by atoms with Crippen molar-refractivity contribution >= 4 is 58.1 Å². The average Bonchev–Trinajstić information content (AvgIpc) is 3.56. The van der Waals surface area contributed by atoms with Gasteiger partial charge in [0.05, 0.1) is 12.6 Å². The number of H-pyrrole nitrogens is 2. The molecule has 210 valence electrons. The van der Waals surface area contributed by atoms with E-state index < -0.39 is 42.5 Å². The fraction of sp³-hybridized carbons (Fsp3) is 0.286. The van der Waals surface area contributed by atoms with E-state index in [9.17, 15) is 19.2 Å². The lowest BCUT2D eigenvalue weighted by Gasteiger charge is -2.22. The number of carboxylic acid groups (broad SMARTS) is 1. The van der Waals surface area contributed by atoms with E-state index in [1.807, 2.05) is 54.7 Å². The normalized spacial score (nSPS) is 13.4. The Labute approximate surface area is 235 Å². The van der Waals surface area contributed by atoms with E-state index in [4.69, 9.17) is 5.11 Å². The summed E-state index contributed by atoms with van der Waals surface area (Å²) in [4.78, 5) is 56.5. The molecule has 4 aromatic rings. The zero-order valence-corrected chi connectivity index (χ0v) is 22.8. The predicted octanol–water partition coefficient (Wildman–Crippen LogP) is 1.12. The number of carboxylic acids is 1. The number of fused-ring (bicyclic) bond motifs is 2. The molecule has 0 aliphatic carbocycles. The van der Waals surface area contributed by atoms with Gasteiger partial charge in [0.1, 0.15) is 12.1 Å². The van der Waals surface area contributed by atoms with E-state index >= 15 is 0 Å². The summed E-state index contributed by atoms with van der Waals surface area (Å²) in [5.41, 5.74) is 3.63. The summed E-state index contributed by atoms with van der Waals surface area (Å²) in [5.74, 6) is -2.96. The molecule has 40 heavy (non-hydrogen) atoms. The van der Waals surface area contributed by atoms with Gasteiger partial charge in [0, 0.05) is 46.4 Å². The van der Waals surface area contributed by atoms with Crippen molar-refractivity contribution in [2.75, 3.05) is 19.3 Å². The van der Waals surface area contributed by atoms with Crippen molar-refractivity contribution in [1.82, 2.24) is 31.2 Å². The third-order valence-corrected chi connectivity index (χ3v) is 7.10. The largest absolute Gasteiger partial charge is 0.480 e. The van der Waals surface area contributed by atoms with Crippen LogP contribution >= 0.6 is 12.6 Å². The highest BCUT2D eigenvalue weighted by atomic mass is 32.1. The molecule has 0 saturated heterocycles. The van der Waals surface area contributed by atoms with Gasteiger partial charge in [-0.1, -0.05) is 36.4 Å². The van der Waals surface area contributed by atoms with E-state index in [0.717, 1.165) is 32.9 Å². The zero-order valence-electron chi connectivity index (χ0n) is 21.9. The van der Waals surface area contributed by atoms with Crippen LogP contribution < -0.4 is 21.3 Å². The number of amides is 3. The van der Waals surface area contributed by atoms with Crippen molar-refractivity contribution in [3.05, 3.63) is 72.1 Å². The molecule has 0 fully saturated rings. The maximum Gasteiger partial charge on any atom is 0.327 e. The minimum absolute atomic E-state index is 0.101. The van der Waals surface area contributed by atoms with Crippen molar-refractivity contribution < 1.29 is 24.3 Å². The molecule has 3 amide bonds. The fourth-order valence-electron chi connectivity index (χ4n) is 4.57. The Balaban J connectivity index is 1.49. The molecule has 2 aromatic carbocycles. The molecule has 0 bridgehead atoms. The Kier molecular flexibility index (Phi) is 9.46. The van der Waals surface area contributed by atoms with E-state index in [0.29, 0.717) is 6.42 Å². The smallest absolute Gasteiger partial charge is 0.327 e. The zero-order chi connectivity index (χ0) is 28.6. The number of hydrogen-bond donors (Lipinski definition) is 8. The third-order valence-electron chi connectivity index (χ3n) is 6.73. The Morgan fingerprint density at radius 1 is 0.800 bits per heavy atom. The Morgan fingerprint density at radius 2 is 1.35 bits per heavy atom. The van der Waals surface area contributed by atoms with Gasteiger partial charge < -0.3 is 36.3 Å². The number of aromatic nitrogens is 2. The van der Waals surface area contributed by atoms with Crippen molar-refractivity contribution in [2.45, 2.75) is 31.0 Å². The molecule has 0 aliphatic heterocycles. The summed E-state index contributed by atoms with van der Waals surface area (Å²) in [7, 11) is 1.68. The summed E-state index contributed by atoms with van der Waals surface area (Å²) in [6, 6.07) is 12.6. The van der Waals surface area contributed by atoms with Gasteiger partial charge in [-0.3, -0.25) is 14.4 Å². The van der Waals surface area contributed by atoms with Crippen LogP contribution in [0.2, 0.25) is 0 Å². The van der Waals surface area contributed by atoms with Crippen LogP contribution in [0.25, 0.3) is 21.8 Å². The van der Waals surface area contributed by atoms with E-state index in [2.05, 4.69) is 43.9 Å². The maximum absolute atomic E-state index is 13.4. The highest BCUT2D eigenvalue weighted by Crippen LogP contribution is 2.21.